The highest BCUT2D eigenvalue weighted by Crippen LogP contribution is 2.19. The van der Waals surface area contributed by atoms with E-state index < -0.39 is 4.92 Å². The van der Waals surface area contributed by atoms with Gasteiger partial charge in [0.1, 0.15) is 5.82 Å². The number of anilines is 1. The van der Waals surface area contributed by atoms with Crippen molar-refractivity contribution in [1.82, 2.24) is 9.97 Å². The van der Waals surface area contributed by atoms with Crippen molar-refractivity contribution in [2.45, 2.75) is 6.42 Å². The number of benzene rings is 2. The summed E-state index contributed by atoms with van der Waals surface area (Å²) in [7, 11) is 0. The Labute approximate surface area is 126 Å². The van der Waals surface area contributed by atoms with Crippen molar-refractivity contribution in [2.24, 2.45) is 0 Å². The van der Waals surface area contributed by atoms with Gasteiger partial charge in [0.15, 0.2) is 0 Å². The molecule has 0 unspecified atom stereocenters. The van der Waals surface area contributed by atoms with Crippen LogP contribution in [0.3, 0.4) is 0 Å². The number of hydrogen-bond donors (Lipinski definition) is 2. The van der Waals surface area contributed by atoms with Gasteiger partial charge in [0.05, 0.1) is 16.0 Å². The van der Waals surface area contributed by atoms with Gasteiger partial charge in [0.2, 0.25) is 0 Å². The molecule has 3 N–H and O–H groups in total. The maximum atomic E-state index is 10.8. The summed E-state index contributed by atoms with van der Waals surface area (Å²) >= 11 is 0. The number of allylic oxidation sites excluding steroid dienone is 1. The molecule has 3 aromatic rings. The maximum Gasteiger partial charge on any atom is 0.271 e. The summed E-state index contributed by atoms with van der Waals surface area (Å²) < 4.78 is 0. The van der Waals surface area contributed by atoms with Crippen LogP contribution in [0.25, 0.3) is 17.1 Å². The minimum Gasteiger partial charge on any atom is -0.399 e. The maximum absolute atomic E-state index is 10.8. The summed E-state index contributed by atoms with van der Waals surface area (Å²) in [6.45, 7) is 0. The summed E-state index contributed by atoms with van der Waals surface area (Å²) in [5.74, 6) is 0.672. The van der Waals surface area contributed by atoms with Gasteiger partial charge in [-0.3, -0.25) is 10.1 Å². The second kappa shape index (κ2) is 5.69. The summed E-state index contributed by atoms with van der Waals surface area (Å²) in [6, 6.07) is 12.3. The summed E-state index contributed by atoms with van der Waals surface area (Å²) in [6.07, 6.45) is 4.61. The highest BCUT2D eigenvalue weighted by molar-refractivity contribution is 5.79. The molecule has 0 atom stereocenters. The molecule has 0 spiro atoms. The molecule has 2 aromatic carbocycles. The van der Waals surface area contributed by atoms with Gasteiger partial charge >= 0.3 is 0 Å². The number of imidazole rings is 1. The Morgan fingerprint density at radius 1 is 1.23 bits per heavy atom. The molecular weight excluding hydrogens is 280 g/mol. The van der Waals surface area contributed by atoms with Gasteiger partial charge in [-0.25, -0.2) is 4.98 Å². The molecule has 0 saturated heterocycles. The average molecular weight is 294 g/mol. The molecule has 1 heterocycles. The zero-order chi connectivity index (χ0) is 15.5. The molecule has 0 amide bonds. The standard InChI is InChI=1S/C16H14N4O2/c17-12-6-4-11(5-7-12)2-1-3-16-18-14-9-8-13(20(21)22)10-15(14)19-16/h1,3-10H,2,17H2,(H,18,19). The van der Waals surface area contributed by atoms with E-state index in [1.165, 1.54) is 12.1 Å². The SMILES string of the molecule is Nc1ccc(CC=Cc2nc3ccc([N+](=O)[O-])cc3[nH]2)cc1. The Morgan fingerprint density at radius 2 is 2.00 bits per heavy atom. The highest BCUT2D eigenvalue weighted by atomic mass is 16.6. The van der Waals surface area contributed by atoms with Crippen LogP contribution in [0.1, 0.15) is 11.4 Å². The number of nitrogens with two attached hydrogens (primary N) is 1. The Morgan fingerprint density at radius 3 is 2.73 bits per heavy atom. The molecular formula is C16H14N4O2. The Balaban J connectivity index is 1.77. The predicted octanol–water partition coefficient (Wildman–Crippen LogP) is 3.31. The number of non-ortho nitro benzene ring substituents is 1. The van der Waals surface area contributed by atoms with Gasteiger partial charge in [-0.05, 0) is 36.3 Å². The number of nitrogen functional groups attached to an aromatic ring is 1. The fourth-order valence-electron chi connectivity index (χ4n) is 2.17. The number of fused-ring (bicyclic) bond motifs is 1. The van der Waals surface area contributed by atoms with E-state index in [9.17, 15) is 10.1 Å². The van der Waals surface area contributed by atoms with Gasteiger partial charge in [-0.15, -0.1) is 0 Å². The smallest absolute Gasteiger partial charge is 0.271 e. The van der Waals surface area contributed by atoms with E-state index in [-0.39, 0.29) is 5.69 Å². The average Bonchev–Trinajstić information content (AvgIpc) is 2.91. The molecule has 0 radical (unpaired) electrons. The molecule has 1 aromatic heterocycles. The number of nitrogens with zero attached hydrogens (tertiary/aromatic N) is 2. The van der Waals surface area contributed by atoms with E-state index in [0.717, 1.165) is 17.7 Å². The molecule has 3 rings (SSSR count). The van der Waals surface area contributed by atoms with Gasteiger partial charge in [0.25, 0.3) is 5.69 Å². The first kappa shape index (κ1) is 13.8. The molecule has 110 valence electrons. The van der Waals surface area contributed by atoms with Crippen molar-refractivity contribution in [2.75, 3.05) is 5.73 Å². The fourth-order valence-corrected chi connectivity index (χ4v) is 2.17. The second-order valence-electron chi connectivity index (χ2n) is 4.93. The van der Waals surface area contributed by atoms with E-state index in [4.69, 9.17) is 5.73 Å². The molecule has 0 aliphatic heterocycles. The lowest BCUT2D eigenvalue weighted by Crippen LogP contribution is -1.86. The molecule has 0 fully saturated rings. The molecule has 0 aliphatic rings. The van der Waals surface area contributed by atoms with Crippen molar-refractivity contribution in [3.63, 3.8) is 0 Å². The Kier molecular flexibility index (Phi) is 3.57. The van der Waals surface area contributed by atoms with E-state index in [1.54, 1.807) is 6.07 Å². The quantitative estimate of drug-likeness (QED) is 0.438. The number of rotatable bonds is 4. The van der Waals surface area contributed by atoms with Crippen LogP contribution in [0.4, 0.5) is 11.4 Å². The third-order valence-electron chi connectivity index (χ3n) is 3.30. The normalized spacial score (nSPS) is 11.3. The van der Waals surface area contributed by atoms with Crippen LogP contribution >= 0.6 is 0 Å². The summed E-state index contributed by atoms with van der Waals surface area (Å²) in [5.41, 5.74) is 8.94. The van der Waals surface area contributed by atoms with Crippen LogP contribution in [0, 0.1) is 10.1 Å². The van der Waals surface area contributed by atoms with Crippen LogP contribution in [-0.2, 0) is 6.42 Å². The van der Waals surface area contributed by atoms with Crippen molar-refractivity contribution in [3.8, 4) is 0 Å². The van der Waals surface area contributed by atoms with Gasteiger partial charge < -0.3 is 10.7 Å². The number of nitro benzene ring substituents is 1. The molecule has 0 saturated carbocycles. The lowest BCUT2D eigenvalue weighted by Gasteiger charge is -1.96. The number of H-pyrrole nitrogens is 1. The monoisotopic (exact) mass is 294 g/mol. The molecule has 6 heteroatoms. The zero-order valence-corrected chi connectivity index (χ0v) is 11.7. The number of aromatic nitrogens is 2. The zero-order valence-electron chi connectivity index (χ0n) is 11.7. The fraction of sp³-hybridized carbons (Fsp3) is 0.0625. The number of aromatic amines is 1. The minimum atomic E-state index is -0.420. The van der Waals surface area contributed by atoms with E-state index in [1.807, 2.05) is 36.4 Å². The van der Waals surface area contributed by atoms with E-state index in [0.29, 0.717) is 16.9 Å². The third kappa shape index (κ3) is 2.95. The van der Waals surface area contributed by atoms with Crippen LogP contribution in [-0.4, -0.2) is 14.9 Å². The van der Waals surface area contributed by atoms with Crippen LogP contribution in [0.2, 0.25) is 0 Å². The van der Waals surface area contributed by atoms with Crippen LogP contribution in [0.5, 0.6) is 0 Å². The molecule has 22 heavy (non-hydrogen) atoms. The lowest BCUT2D eigenvalue weighted by atomic mass is 10.1. The van der Waals surface area contributed by atoms with Gasteiger partial charge in [-0.1, -0.05) is 18.2 Å². The highest BCUT2D eigenvalue weighted by Gasteiger charge is 2.08. The topological polar surface area (TPSA) is 97.8 Å². The first-order valence-electron chi connectivity index (χ1n) is 6.77. The van der Waals surface area contributed by atoms with Crippen molar-refractivity contribution >= 4 is 28.5 Å². The second-order valence-corrected chi connectivity index (χ2v) is 4.93. The molecule has 6 nitrogen and oxygen atoms in total. The van der Waals surface area contributed by atoms with Crippen LogP contribution < -0.4 is 5.73 Å². The number of nitro groups is 1. The molecule has 0 aliphatic carbocycles. The van der Waals surface area contributed by atoms with E-state index in [2.05, 4.69) is 9.97 Å². The largest absolute Gasteiger partial charge is 0.399 e. The first-order valence-corrected chi connectivity index (χ1v) is 6.77. The summed E-state index contributed by atoms with van der Waals surface area (Å²) in [5, 5.41) is 10.8. The summed E-state index contributed by atoms with van der Waals surface area (Å²) in [4.78, 5) is 17.8. The Hall–Kier alpha value is -3.15. The first-order chi connectivity index (χ1) is 10.6. The minimum absolute atomic E-state index is 0.0496. The van der Waals surface area contributed by atoms with Crippen LogP contribution in [0.15, 0.2) is 48.5 Å². The van der Waals surface area contributed by atoms with Gasteiger partial charge in [0, 0.05) is 17.8 Å². The Bertz CT molecular complexity index is 850. The third-order valence-corrected chi connectivity index (χ3v) is 3.30. The van der Waals surface area contributed by atoms with Crippen molar-refractivity contribution in [3.05, 3.63) is 70.0 Å². The van der Waals surface area contributed by atoms with Gasteiger partial charge in [-0.2, -0.15) is 0 Å². The molecule has 0 bridgehead atoms. The predicted molar refractivity (Wildman–Crippen MR) is 86.3 cm³/mol. The number of hydrogen-bond acceptors (Lipinski definition) is 4. The lowest BCUT2D eigenvalue weighted by molar-refractivity contribution is -0.384. The van der Waals surface area contributed by atoms with E-state index >= 15 is 0 Å². The number of nitrogens with one attached hydrogen (secondary N) is 1. The van der Waals surface area contributed by atoms with Crippen molar-refractivity contribution < 1.29 is 4.92 Å². The van der Waals surface area contributed by atoms with Crippen molar-refractivity contribution in [1.29, 1.82) is 0 Å².